The van der Waals surface area contributed by atoms with Gasteiger partial charge in [0.1, 0.15) is 0 Å². The van der Waals surface area contributed by atoms with Gasteiger partial charge in [-0.2, -0.15) is 0 Å². The minimum atomic E-state index is -1.53. The third-order valence-electron chi connectivity index (χ3n) is 3.44. The Balaban J connectivity index is 2.19. The molecule has 2 aromatic rings. The molecule has 2 rings (SSSR count). The molecule has 0 N–H and O–H groups in total. The van der Waals surface area contributed by atoms with Gasteiger partial charge in [0.15, 0.2) is 0 Å². The molecule has 0 spiro atoms. The average molecular weight is 489 g/mol. The first kappa shape index (κ1) is 16.5. The van der Waals surface area contributed by atoms with Crippen LogP contribution in [-0.2, 0) is 32.9 Å². The molecule has 0 amide bonds. The van der Waals surface area contributed by atoms with E-state index in [-0.39, 0.29) is 12.1 Å². The van der Waals surface area contributed by atoms with Crippen molar-refractivity contribution < 1.29 is 32.9 Å². The Bertz CT molecular complexity index is 560. The van der Waals surface area contributed by atoms with E-state index < -0.39 is 23.3 Å². The van der Waals surface area contributed by atoms with Gasteiger partial charge in [0.05, 0.1) is 0 Å². The molecule has 0 saturated carbocycles. The summed E-state index contributed by atoms with van der Waals surface area (Å²) >= 11 is -1.53. The van der Waals surface area contributed by atoms with Gasteiger partial charge in [0, 0.05) is 0 Å². The maximum atomic E-state index is 11.4. The van der Waals surface area contributed by atoms with Crippen LogP contribution < -0.4 is 0 Å². The van der Waals surface area contributed by atoms with Crippen molar-refractivity contribution in [1.82, 2.24) is 0 Å². The molecule has 0 saturated heterocycles. The molecular weight excluding hydrogens is 472 g/mol. The summed E-state index contributed by atoms with van der Waals surface area (Å²) in [5.74, 6) is -0.248. The molecule has 0 aliphatic heterocycles. The van der Waals surface area contributed by atoms with Crippen LogP contribution in [0, 0.1) is 0 Å². The molecule has 0 aliphatic carbocycles. The molecule has 0 fully saturated rings. The van der Waals surface area contributed by atoms with Crippen LogP contribution in [0.4, 0.5) is 0 Å². The van der Waals surface area contributed by atoms with Gasteiger partial charge >= 0.3 is 142 Å². The summed E-state index contributed by atoms with van der Waals surface area (Å²) in [6.07, 6.45) is 0.561. The Morgan fingerprint density at radius 1 is 1.05 bits per heavy atom. The zero-order valence-corrected chi connectivity index (χ0v) is 18.3. The second-order valence-corrected chi connectivity index (χ2v) is 12.7. The van der Waals surface area contributed by atoms with Gasteiger partial charge in [-0.05, 0) is 0 Å². The summed E-state index contributed by atoms with van der Waals surface area (Å²) in [5, 5.41) is 0. The Kier molecular flexibility index (Phi) is 6.72. The quantitative estimate of drug-likeness (QED) is 0.436. The SMILES string of the molecule is CC(=O)OC(C[CH]([Hg][Cl])c1ccccc1)c1ccccc1. The van der Waals surface area contributed by atoms with Crippen LogP contribution >= 0.6 is 8.25 Å². The molecule has 106 valence electrons. The standard InChI is InChI=1S/C17H17O2.ClH.Hg/c1-14(18)19-17(16-10-6-3-7-11-16)13-12-15-8-4-2-5-9-15;;/h2-12,17H,13H2,1H3;1H;/q;;+1/p-1. The Hall–Kier alpha value is -0.865. The summed E-state index contributed by atoms with van der Waals surface area (Å²) < 4.78 is 5.90. The van der Waals surface area contributed by atoms with E-state index in [1.807, 2.05) is 48.5 Å². The van der Waals surface area contributed by atoms with Gasteiger partial charge in [-0.3, -0.25) is 0 Å². The van der Waals surface area contributed by atoms with E-state index in [1.54, 1.807) is 0 Å². The normalized spacial score (nSPS) is 13.0. The van der Waals surface area contributed by atoms with E-state index in [0.29, 0.717) is 3.43 Å². The topological polar surface area (TPSA) is 26.3 Å². The molecule has 21 heavy (non-hydrogen) atoms. The van der Waals surface area contributed by atoms with Crippen molar-refractivity contribution in [2.45, 2.75) is 22.9 Å². The Morgan fingerprint density at radius 2 is 1.57 bits per heavy atom. The molecule has 2 atom stereocenters. The third-order valence-corrected chi connectivity index (χ3v) is 11.3. The van der Waals surface area contributed by atoms with E-state index in [1.165, 1.54) is 12.5 Å². The number of carbonyl (C=O) groups excluding carboxylic acids is 1. The summed E-state index contributed by atoms with van der Waals surface area (Å²) in [5.41, 5.74) is 2.30. The summed E-state index contributed by atoms with van der Waals surface area (Å²) in [6, 6.07) is 20.2. The predicted molar refractivity (Wildman–Crippen MR) is 80.6 cm³/mol. The van der Waals surface area contributed by atoms with Crippen LogP contribution in [-0.4, -0.2) is 5.97 Å². The summed E-state index contributed by atoms with van der Waals surface area (Å²) in [7, 11) is 6.35. The molecular formula is C17H17ClHgO2. The van der Waals surface area contributed by atoms with Gasteiger partial charge < -0.3 is 0 Å². The van der Waals surface area contributed by atoms with Crippen molar-refractivity contribution in [2.24, 2.45) is 0 Å². The number of benzene rings is 2. The maximum absolute atomic E-state index is 11.4. The van der Waals surface area contributed by atoms with Gasteiger partial charge in [-0.15, -0.1) is 0 Å². The molecule has 0 aliphatic rings. The van der Waals surface area contributed by atoms with E-state index in [0.717, 1.165) is 12.0 Å². The van der Waals surface area contributed by atoms with E-state index in [9.17, 15) is 4.79 Å². The number of carbonyl (C=O) groups is 1. The van der Waals surface area contributed by atoms with Gasteiger partial charge in [-0.1, -0.05) is 0 Å². The molecule has 0 heterocycles. The third kappa shape index (κ3) is 5.12. The van der Waals surface area contributed by atoms with Gasteiger partial charge in [0.25, 0.3) is 0 Å². The van der Waals surface area contributed by atoms with Crippen LogP contribution in [0.5, 0.6) is 0 Å². The number of hydrogen-bond donors (Lipinski definition) is 0. The first-order chi connectivity index (χ1) is 10.2. The number of esters is 1. The monoisotopic (exact) mass is 490 g/mol. The average Bonchev–Trinajstić information content (AvgIpc) is 2.52. The van der Waals surface area contributed by atoms with E-state index in [4.69, 9.17) is 13.0 Å². The fraction of sp³-hybridized carbons (Fsp3) is 0.235. The molecule has 2 aromatic carbocycles. The number of halogens is 1. The second-order valence-electron chi connectivity index (χ2n) is 5.01. The fourth-order valence-electron chi connectivity index (χ4n) is 2.39. The van der Waals surface area contributed by atoms with Crippen molar-refractivity contribution in [3.63, 3.8) is 0 Å². The van der Waals surface area contributed by atoms with Crippen LogP contribution in [0.2, 0.25) is 0 Å². The van der Waals surface area contributed by atoms with E-state index in [2.05, 4.69) is 12.1 Å². The Morgan fingerprint density at radius 3 is 2.05 bits per heavy atom. The zero-order chi connectivity index (χ0) is 15.1. The zero-order valence-electron chi connectivity index (χ0n) is 12.0. The van der Waals surface area contributed by atoms with Gasteiger partial charge in [0.2, 0.25) is 0 Å². The van der Waals surface area contributed by atoms with Gasteiger partial charge in [-0.25, -0.2) is 0 Å². The van der Waals surface area contributed by atoms with E-state index >= 15 is 0 Å². The Labute approximate surface area is 141 Å². The second kappa shape index (κ2) is 8.55. The van der Waals surface area contributed by atoms with Crippen LogP contribution in [0.1, 0.15) is 34.0 Å². The number of hydrogen-bond acceptors (Lipinski definition) is 2. The van der Waals surface area contributed by atoms with Crippen molar-refractivity contribution in [1.29, 1.82) is 0 Å². The summed E-state index contributed by atoms with van der Waals surface area (Å²) in [4.78, 5) is 11.4. The van der Waals surface area contributed by atoms with Crippen molar-refractivity contribution in [3.05, 3.63) is 71.8 Å². The predicted octanol–water partition coefficient (Wildman–Crippen LogP) is 4.66. The first-order valence-electron chi connectivity index (χ1n) is 7.03. The first-order valence-corrected chi connectivity index (χ1v) is 17.0. The van der Waals surface area contributed by atoms with Crippen LogP contribution in [0.25, 0.3) is 0 Å². The minimum absolute atomic E-state index is 0.215. The van der Waals surface area contributed by atoms with Crippen molar-refractivity contribution in [2.75, 3.05) is 0 Å². The van der Waals surface area contributed by atoms with Crippen molar-refractivity contribution in [3.8, 4) is 0 Å². The van der Waals surface area contributed by atoms with Crippen LogP contribution in [0.15, 0.2) is 60.7 Å². The van der Waals surface area contributed by atoms with Crippen LogP contribution in [0.3, 0.4) is 0 Å². The number of ether oxygens (including phenoxy) is 1. The fourth-order valence-corrected chi connectivity index (χ4v) is 8.48. The summed E-state index contributed by atoms with van der Waals surface area (Å²) in [6.45, 7) is 1.46. The molecule has 2 unspecified atom stereocenters. The molecule has 2 nitrogen and oxygen atoms in total. The molecule has 0 aromatic heterocycles. The number of rotatable bonds is 6. The van der Waals surface area contributed by atoms with Crippen molar-refractivity contribution >= 4 is 14.2 Å². The molecule has 0 radical (unpaired) electrons. The molecule has 0 bridgehead atoms. The molecule has 4 heteroatoms.